The number of aromatic nitrogens is 1. The van der Waals surface area contributed by atoms with Gasteiger partial charge in [-0.15, -0.1) is 0 Å². The fraction of sp³-hybridized carbons (Fsp3) is 0.389. The third-order valence-electron chi connectivity index (χ3n) is 4.29. The summed E-state index contributed by atoms with van der Waals surface area (Å²) in [5, 5.41) is 0. The highest BCUT2D eigenvalue weighted by Crippen LogP contribution is 2.37. The Bertz CT molecular complexity index is 740. The fourth-order valence-corrected chi connectivity index (χ4v) is 3.23. The summed E-state index contributed by atoms with van der Waals surface area (Å²) < 4.78 is 15.9. The SMILES string of the molecule is Cc1ccc(-n2c(C)cc3c2CC(C)(C)CC3=O)cc1F. The molecule has 110 valence electrons. The van der Waals surface area contributed by atoms with E-state index in [9.17, 15) is 9.18 Å². The van der Waals surface area contributed by atoms with Crippen molar-refractivity contribution in [1.82, 2.24) is 4.57 Å². The van der Waals surface area contributed by atoms with Crippen LogP contribution >= 0.6 is 0 Å². The first-order chi connectivity index (χ1) is 9.78. The van der Waals surface area contributed by atoms with E-state index in [1.54, 1.807) is 19.1 Å². The van der Waals surface area contributed by atoms with Crippen LogP contribution in [0.4, 0.5) is 4.39 Å². The first kappa shape index (κ1) is 14.1. The normalized spacial score (nSPS) is 16.9. The van der Waals surface area contributed by atoms with Gasteiger partial charge in [0.1, 0.15) is 5.82 Å². The van der Waals surface area contributed by atoms with Crippen LogP contribution in [0.2, 0.25) is 0 Å². The molecule has 0 radical (unpaired) electrons. The van der Waals surface area contributed by atoms with E-state index in [0.29, 0.717) is 12.0 Å². The molecule has 0 spiro atoms. The predicted octanol–water partition coefficient (Wildman–Crippen LogP) is 4.39. The van der Waals surface area contributed by atoms with Gasteiger partial charge in [-0.2, -0.15) is 0 Å². The van der Waals surface area contributed by atoms with Gasteiger partial charge in [0.25, 0.3) is 0 Å². The smallest absolute Gasteiger partial charge is 0.165 e. The van der Waals surface area contributed by atoms with Crippen molar-refractivity contribution in [2.45, 2.75) is 40.5 Å². The van der Waals surface area contributed by atoms with E-state index in [0.717, 1.165) is 29.1 Å². The Morgan fingerprint density at radius 1 is 1.14 bits per heavy atom. The van der Waals surface area contributed by atoms with Gasteiger partial charge in [0.2, 0.25) is 0 Å². The molecular formula is C18H20FNO. The zero-order chi connectivity index (χ0) is 15.4. The van der Waals surface area contributed by atoms with Crippen molar-refractivity contribution in [3.8, 4) is 5.69 Å². The third-order valence-corrected chi connectivity index (χ3v) is 4.29. The molecular weight excluding hydrogens is 265 g/mol. The molecule has 1 aliphatic rings. The molecule has 0 atom stereocenters. The molecule has 1 heterocycles. The molecule has 1 aromatic heterocycles. The molecule has 1 aromatic carbocycles. The number of ketones is 1. The van der Waals surface area contributed by atoms with Crippen LogP contribution in [-0.4, -0.2) is 10.4 Å². The Balaban J connectivity index is 2.20. The quantitative estimate of drug-likeness (QED) is 0.761. The minimum Gasteiger partial charge on any atom is -0.317 e. The number of halogens is 1. The number of rotatable bonds is 1. The number of Topliss-reactive ketones (excluding diaryl/α,β-unsaturated/α-hetero) is 1. The Hall–Kier alpha value is -1.90. The number of carbonyl (C=O) groups excluding carboxylic acids is 1. The molecule has 0 amide bonds. The van der Waals surface area contributed by atoms with Gasteiger partial charge >= 0.3 is 0 Å². The van der Waals surface area contributed by atoms with Crippen LogP contribution in [0, 0.1) is 25.1 Å². The van der Waals surface area contributed by atoms with Crippen LogP contribution < -0.4 is 0 Å². The van der Waals surface area contributed by atoms with Crippen LogP contribution in [0.15, 0.2) is 24.3 Å². The van der Waals surface area contributed by atoms with Gasteiger partial charge in [0, 0.05) is 29.1 Å². The molecule has 21 heavy (non-hydrogen) atoms. The summed E-state index contributed by atoms with van der Waals surface area (Å²) in [5.41, 5.74) is 4.17. The lowest BCUT2D eigenvalue weighted by atomic mass is 9.76. The van der Waals surface area contributed by atoms with E-state index in [1.807, 2.05) is 23.6 Å². The van der Waals surface area contributed by atoms with Gasteiger partial charge in [0.05, 0.1) is 0 Å². The number of hydrogen-bond donors (Lipinski definition) is 0. The van der Waals surface area contributed by atoms with Crippen LogP contribution in [0.3, 0.4) is 0 Å². The zero-order valence-electron chi connectivity index (χ0n) is 13.0. The van der Waals surface area contributed by atoms with E-state index in [4.69, 9.17) is 0 Å². The van der Waals surface area contributed by atoms with E-state index in [1.165, 1.54) is 0 Å². The summed E-state index contributed by atoms with van der Waals surface area (Å²) in [6.45, 7) is 7.94. The minimum absolute atomic E-state index is 0.0458. The predicted molar refractivity (Wildman–Crippen MR) is 81.6 cm³/mol. The maximum absolute atomic E-state index is 13.9. The van der Waals surface area contributed by atoms with Crippen molar-refractivity contribution in [3.63, 3.8) is 0 Å². The number of nitrogens with zero attached hydrogens (tertiary/aromatic N) is 1. The third kappa shape index (κ3) is 2.31. The minimum atomic E-state index is -0.212. The van der Waals surface area contributed by atoms with Crippen molar-refractivity contribution < 1.29 is 9.18 Å². The van der Waals surface area contributed by atoms with Crippen molar-refractivity contribution in [2.75, 3.05) is 0 Å². The summed E-state index contributed by atoms with van der Waals surface area (Å²) in [6.07, 6.45) is 1.41. The lowest BCUT2D eigenvalue weighted by Crippen LogP contribution is -2.27. The molecule has 2 aromatic rings. The Kier molecular flexibility index (Phi) is 3.05. The van der Waals surface area contributed by atoms with Crippen LogP contribution in [-0.2, 0) is 6.42 Å². The average Bonchev–Trinajstić information content (AvgIpc) is 2.68. The number of carbonyl (C=O) groups is 1. The number of hydrogen-bond acceptors (Lipinski definition) is 1. The van der Waals surface area contributed by atoms with Gasteiger partial charge in [-0.05, 0) is 49.4 Å². The molecule has 0 aliphatic heterocycles. The molecule has 0 bridgehead atoms. The van der Waals surface area contributed by atoms with Gasteiger partial charge in [-0.1, -0.05) is 19.9 Å². The van der Waals surface area contributed by atoms with Crippen molar-refractivity contribution in [3.05, 3.63) is 52.6 Å². The molecule has 3 heteroatoms. The summed E-state index contributed by atoms with van der Waals surface area (Å²) >= 11 is 0. The molecule has 0 N–H and O–H groups in total. The topological polar surface area (TPSA) is 22.0 Å². The largest absolute Gasteiger partial charge is 0.317 e. The monoisotopic (exact) mass is 285 g/mol. The summed E-state index contributed by atoms with van der Waals surface area (Å²) in [6, 6.07) is 7.18. The second-order valence-corrected chi connectivity index (χ2v) is 6.86. The molecule has 0 unspecified atom stereocenters. The fourth-order valence-electron chi connectivity index (χ4n) is 3.23. The summed E-state index contributed by atoms with van der Waals surface area (Å²) in [5.74, 6) is -0.0218. The van der Waals surface area contributed by atoms with E-state index in [-0.39, 0.29) is 17.0 Å². The molecule has 1 aliphatic carbocycles. The van der Waals surface area contributed by atoms with Crippen molar-refractivity contribution in [2.24, 2.45) is 5.41 Å². The second-order valence-electron chi connectivity index (χ2n) is 6.86. The Morgan fingerprint density at radius 3 is 2.52 bits per heavy atom. The highest BCUT2D eigenvalue weighted by atomic mass is 19.1. The van der Waals surface area contributed by atoms with Crippen LogP contribution in [0.25, 0.3) is 5.69 Å². The van der Waals surface area contributed by atoms with Gasteiger partial charge in [-0.3, -0.25) is 4.79 Å². The average molecular weight is 285 g/mol. The Labute approximate surface area is 124 Å². The number of aryl methyl sites for hydroxylation is 2. The van der Waals surface area contributed by atoms with E-state index < -0.39 is 0 Å². The highest BCUT2D eigenvalue weighted by Gasteiger charge is 2.34. The number of benzene rings is 1. The second kappa shape index (κ2) is 4.55. The zero-order valence-corrected chi connectivity index (χ0v) is 13.0. The first-order valence-electron chi connectivity index (χ1n) is 7.29. The lowest BCUT2D eigenvalue weighted by Gasteiger charge is -2.30. The Morgan fingerprint density at radius 2 is 1.86 bits per heavy atom. The maximum Gasteiger partial charge on any atom is 0.165 e. The molecule has 0 fully saturated rings. The summed E-state index contributed by atoms with van der Waals surface area (Å²) in [7, 11) is 0. The molecule has 3 rings (SSSR count). The summed E-state index contributed by atoms with van der Waals surface area (Å²) in [4.78, 5) is 12.3. The lowest BCUT2D eigenvalue weighted by molar-refractivity contribution is 0.0911. The van der Waals surface area contributed by atoms with Gasteiger partial charge in [0.15, 0.2) is 5.78 Å². The molecule has 0 saturated carbocycles. The van der Waals surface area contributed by atoms with E-state index >= 15 is 0 Å². The first-order valence-corrected chi connectivity index (χ1v) is 7.29. The van der Waals surface area contributed by atoms with Crippen LogP contribution in [0.1, 0.15) is 47.6 Å². The molecule has 2 nitrogen and oxygen atoms in total. The molecule has 0 saturated heterocycles. The van der Waals surface area contributed by atoms with Crippen molar-refractivity contribution >= 4 is 5.78 Å². The van der Waals surface area contributed by atoms with Crippen molar-refractivity contribution in [1.29, 1.82) is 0 Å². The highest BCUT2D eigenvalue weighted by molar-refractivity contribution is 5.99. The van der Waals surface area contributed by atoms with E-state index in [2.05, 4.69) is 13.8 Å². The van der Waals surface area contributed by atoms with Gasteiger partial charge in [-0.25, -0.2) is 4.39 Å². The van der Waals surface area contributed by atoms with Crippen LogP contribution in [0.5, 0.6) is 0 Å². The number of fused-ring (bicyclic) bond motifs is 1. The van der Waals surface area contributed by atoms with Gasteiger partial charge < -0.3 is 4.57 Å². The standard InChI is InChI=1S/C18H20FNO/c1-11-5-6-13(8-15(11)19)20-12(2)7-14-16(20)9-18(3,4)10-17(14)21/h5-8H,9-10H2,1-4H3. The maximum atomic E-state index is 13.9.